The molecule has 0 spiro atoms. The topological polar surface area (TPSA) is 97.6 Å². The Bertz CT molecular complexity index is 1030. The molecule has 0 aliphatic heterocycles. The first-order valence-corrected chi connectivity index (χ1v) is 9.81. The Morgan fingerprint density at radius 1 is 1.25 bits per heavy atom. The van der Waals surface area contributed by atoms with E-state index in [4.69, 9.17) is 4.74 Å². The van der Waals surface area contributed by atoms with Crippen molar-refractivity contribution in [1.82, 2.24) is 19.9 Å². The van der Waals surface area contributed by atoms with Gasteiger partial charge in [0.1, 0.15) is 11.8 Å². The first-order chi connectivity index (χ1) is 13.3. The summed E-state index contributed by atoms with van der Waals surface area (Å²) in [5.74, 6) is 0.633. The zero-order chi connectivity index (χ0) is 20.3. The largest absolute Gasteiger partial charge is 0.491 e. The highest BCUT2D eigenvalue weighted by molar-refractivity contribution is 7.20. The first-order valence-electron chi connectivity index (χ1n) is 8.99. The van der Waals surface area contributed by atoms with Crippen molar-refractivity contribution in [2.24, 2.45) is 0 Å². The fourth-order valence-corrected chi connectivity index (χ4v) is 3.47. The zero-order valence-electron chi connectivity index (χ0n) is 16.2. The monoisotopic (exact) mass is 401 g/mol. The van der Waals surface area contributed by atoms with Crippen LogP contribution in [0.1, 0.15) is 32.0 Å². The average Bonchev–Trinajstić information content (AvgIpc) is 3.03. The van der Waals surface area contributed by atoms with Crippen molar-refractivity contribution in [3.05, 3.63) is 51.9 Å². The predicted octanol–water partition coefficient (Wildman–Crippen LogP) is 2.36. The smallest absolute Gasteiger partial charge is 0.275 e. The zero-order valence-corrected chi connectivity index (χ0v) is 17.0. The van der Waals surface area contributed by atoms with Crippen LogP contribution in [0.3, 0.4) is 0 Å². The maximum atomic E-state index is 12.4. The highest BCUT2D eigenvalue weighted by Gasteiger charge is 2.15. The summed E-state index contributed by atoms with van der Waals surface area (Å²) in [5.41, 5.74) is 1.37. The second-order valence-electron chi connectivity index (χ2n) is 6.73. The second kappa shape index (κ2) is 8.39. The van der Waals surface area contributed by atoms with Crippen LogP contribution in [0.5, 0.6) is 5.75 Å². The molecule has 1 aromatic carbocycles. The molecule has 0 aliphatic rings. The normalized spacial score (nSPS) is 12.2. The SMILES string of the molecule is Cc1cc(=O)n2nc(NC(C)C(=O)NCc3ccc(OC(C)C)cc3)sc2n1. The number of aryl methyl sites for hydroxylation is 1. The molecule has 2 heterocycles. The molecule has 3 aromatic rings. The van der Waals surface area contributed by atoms with Gasteiger partial charge in [-0.1, -0.05) is 23.5 Å². The second-order valence-corrected chi connectivity index (χ2v) is 7.69. The van der Waals surface area contributed by atoms with Gasteiger partial charge in [-0.2, -0.15) is 4.52 Å². The summed E-state index contributed by atoms with van der Waals surface area (Å²) >= 11 is 1.23. The van der Waals surface area contributed by atoms with Crippen LogP contribution in [0.2, 0.25) is 0 Å². The molecule has 2 N–H and O–H groups in total. The molecule has 9 heteroatoms. The summed E-state index contributed by atoms with van der Waals surface area (Å²) in [7, 11) is 0. The van der Waals surface area contributed by atoms with Crippen molar-refractivity contribution in [2.45, 2.75) is 46.4 Å². The maximum absolute atomic E-state index is 12.4. The van der Waals surface area contributed by atoms with E-state index in [2.05, 4.69) is 20.7 Å². The van der Waals surface area contributed by atoms with Crippen LogP contribution < -0.4 is 20.9 Å². The van der Waals surface area contributed by atoms with Crippen LogP contribution in [0.15, 0.2) is 35.1 Å². The molecule has 1 amide bonds. The van der Waals surface area contributed by atoms with E-state index in [0.717, 1.165) is 11.3 Å². The fourth-order valence-electron chi connectivity index (χ4n) is 2.53. The lowest BCUT2D eigenvalue weighted by molar-refractivity contribution is -0.121. The summed E-state index contributed by atoms with van der Waals surface area (Å²) in [5, 5.41) is 10.6. The van der Waals surface area contributed by atoms with E-state index in [-0.39, 0.29) is 17.6 Å². The minimum atomic E-state index is -0.513. The highest BCUT2D eigenvalue weighted by atomic mass is 32.1. The molecule has 2 aromatic heterocycles. The third kappa shape index (κ3) is 4.86. The van der Waals surface area contributed by atoms with E-state index >= 15 is 0 Å². The minimum Gasteiger partial charge on any atom is -0.491 e. The van der Waals surface area contributed by atoms with Crippen LogP contribution in [-0.4, -0.2) is 32.7 Å². The Kier molecular flexibility index (Phi) is 5.93. The number of carbonyl (C=O) groups is 1. The Hall–Kier alpha value is -2.94. The molecule has 1 atom stereocenters. The number of rotatable bonds is 7. The van der Waals surface area contributed by atoms with E-state index in [1.54, 1.807) is 13.8 Å². The molecule has 0 saturated carbocycles. The van der Waals surface area contributed by atoms with Crippen molar-refractivity contribution in [2.75, 3.05) is 5.32 Å². The maximum Gasteiger partial charge on any atom is 0.275 e. The molecule has 148 valence electrons. The number of fused-ring (bicyclic) bond motifs is 1. The summed E-state index contributed by atoms with van der Waals surface area (Å²) in [4.78, 5) is 29.1. The third-order valence-corrected chi connectivity index (χ3v) is 4.71. The van der Waals surface area contributed by atoms with Gasteiger partial charge in [0.05, 0.1) is 6.10 Å². The molecular formula is C19H23N5O3S. The predicted molar refractivity (Wildman–Crippen MR) is 109 cm³/mol. The number of aromatic nitrogens is 3. The summed E-state index contributed by atoms with van der Waals surface area (Å²) < 4.78 is 6.84. The van der Waals surface area contributed by atoms with Gasteiger partial charge < -0.3 is 15.4 Å². The Balaban J connectivity index is 1.57. The summed E-state index contributed by atoms with van der Waals surface area (Å²) in [6.07, 6.45) is 0.120. The van der Waals surface area contributed by atoms with Gasteiger partial charge in [0.25, 0.3) is 5.56 Å². The molecule has 8 nitrogen and oxygen atoms in total. The Labute approximate surface area is 166 Å². The van der Waals surface area contributed by atoms with Crippen LogP contribution in [-0.2, 0) is 11.3 Å². The lowest BCUT2D eigenvalue weighted by Crippen LogP contribution is -2.37. The summed E-state index contributed by atoms with van der Waals surface area (Å²) in [6.45, 7) is 7.85. The summed E-state index contributed by atoms with van der Waals surface area (Å²) in [6, 6.07) is 8.52. The van der Waals surface area contributed by atoms with E-state index in [0.29, 0.717) is 22.3 Å². The Morgan fingerprint density at radius 2 is 1.96 bits per heavy atom. The van der Waals surface area contributed by atoms with Gasteiger partial charge in [-0.3, -0.25) is 9.59 Å². The molecule has 0 bridgehead atoms. The standard InChI is InChI=1S/C19H23N5O3S/c1-11(2)27-15-7-5-14(6-8-15)10-20-17(26)13(4)22-18-23-24-16(25)9-12(3)21-19(24)28-18/h5-9,11,13H,10H2,1-4H3,(H,20,26)(H,22,23). The number of nitrogens with zero attached hydrogens (tertiary/aromatic N) is 3. The van der Waals surface area contributed by atoms with Gasteiger partial charge in [0.2, 0.25) is 16.0 Å². The van der Waals surface area contributed by atoms with Crippen molar-refractivity contribution in [3.8, 4) is 5.75 Å². The minimum absolute atomic E-state index is 0.120. The number of benzene rings is 1. The molecule has 0 radical (unpaired) electrons. The molecule has 0 aliphatic carbocycles. The molecule has 0 fully saturated rings. The number of anilines is 1. The first kappa shape index (κ1) is 19.8. The number of ether oxygens (including phenoxy) is 1. The van der Waals surface area contributed by atoms with Crippen molar-refractivity contribution < 1.29 is 9.53 Å². The van der Waals surface area contributed by atoms with Crippen molar-refractivity contribution in [3.63, 3.8) is 0 Å². The van der Waals surface area contributed by atoms with Crippen molar-refractivity contribution in [1.29, 1.82) is 0 Å². The van der Waals surface area contributed by atoms with E-state index < -0.39 is 6.04 Å². The van der Waals surface area contributed by atoms with Crippen LogP contribution in [0.4, 0.5) is 5.13 Å². The van der Waals surface area contributed by atoms with Crippen molar-refractivity contribution >= 4 is 27.3 Å². The van der Waals surface area contributed by atoms with Gasteiger partial charge in [0, 0.05) is 18.3 Å². The lowest BCUT2D eigenvalue weighted by atomic mass is 10.2. The number of hydrogen-bond donors (Lipinski definition) is 2. The lowest BCUT2D eigenvalue weighted by Gasteiger charge is -2.13. The Morgan fingerprint density at radius 3 is 2.64 bits per heavy atom. The molecular weight excluding hydrogens is 378 g/mol. The highest BCUT2D eigenvalue weighted by Crippen LogP contribution is 2.17. The molecule has 1 unspecified atom stereocenters. The molecule has 28 heavy (non-hydrogen) atoms. The van der Waals surface area contributed by atoms with Gasteiger partial charge in [0.15, 0.2) is 0 Å². The van der Waals surface area contributed by atoms with E-state index in [1.807, 2.05) is 38.1 Å². The van der Waals surface area contributed by atoms with Gasteiger partial charge >= 0.3 is 0 Å². The third-order valence-electron chi connectivity index (χ3n) is 3.87. The van der Waals surface area contributed by atoms with Crippen LogP contribution in [0.25, 0.3) is 4.96 Å². The molecule has 3 rings (SSSR count). The fraction of sp³-hybridized carbons (Fsp3) is 0.368. The van der Waals surface area contributed by atoms with E-state index in [1.165, 1.54) is 21.9 Å². The van der Waals surface area contributed by atoms with Gasteiger partial charge in [-0.25, -0.2) is 4.98 Å². The van der Waals surface area contributed by atoms with Gasteiger partial charge in [-0.05, 0) is 45.4 Å². The van der Waals surface area contributed by atoms with Crippen LogP contribution >= 0.6 is 11.3 Å². The quantitative estimate of drug-likeness (QED) is 0.631. The van der Waals surface area contributed by atoms with Crippen LogP contribution in [0, 0.1) is 6.92 Å². The average molecular weight is 401 g/mol. The van der Waals surface area contributed by atoms with Gasteiger partial charge in [-0.15, -0.1) is 5.10 Å². The van der Waals surface area contributed by atoms with E-state index in [9.17, 15) is 9.59 Å². The molecule has 0 saturated heterocycles. The number of amides is 1. The number of nitrogens with one attached hydrogen (secondary N) is 2. The number of carbonyl (C=O) groups excluding carboxylic acids is 1. The number of hydrogen-bond acceptors (Lipinski definition) is 7.